The number of nitrogens with zero attached hydrogens (tertiary/aromatic N) is 4. The summed E-state index contributed by atoms with van der Waals surface area (Å²) in [5.74, 6) is 0. The maximum absolute atomic E-state index is 11.6. The third-order valence-electron chi connectivity index (χ3n) is 2.96. The molecule has 0 saturated heterocycles. The lowest BCUT2D eigenvalue weighted by Crippen LogP contribution is -2.22. The van der Waals surface area contributed by atoms with E-state index in [4.69, 9.17) is 5.11 Å². The van der Waals surface area contributed by atoms with Crippen LogP contribution in [0.15, 0.2) is 69.9 Å². The summed E-state index contributed by atoms with van der Waals surface area (Å²) in [5.41, 5.74) is -0.0143. The van der Waals surface area contributed by atoms with Gasteiger partial charge in [0, 0.05) is 17.6 Å². The second-order valence-electron chi connectivity index (χ2n) is 4.26. The van der Waals surface area contributed by atoms with Gasteiger partial charge in [-0.15, -0.1) is 9.91 Å². The zero-order chi connectivity index (χ0) is 14.8. The Morgan fingerprint density at radius 1 is 1.05 bits per heavy atom. The average Bonchev–Trinajstić information content (AvgIpc) is 2.86. The molecule has 0 radical (unpaired) electrons. The molecular weight excluding hydrogens is 272 g/mol. The molecule has 2 aromatic carbocycles. The fourth-order valence-electron chi connectivity index (χ4n) is 1.99. The first kappa shape index (κ1) is 12.8. The van der Waals surface area contributed by atoms with E-state index in [1.807, 2.05) is 36.4 Å². The van der Waals surface area contributed by atoms with Gasteiger partial charge in [0.1, 0.15) is 0 Å². The highest BCUT2D eigenvalue weighted by atomic mass is 16.4. The van der Waals surface area contributed by atoms with Crippen LogP contribution < -0.4 is 5.56 Å². The Hall–Kier alpha value is -3.22. The second-order valence-corrected chi connectivity index (χ2v) is 4.26. The van der Waals surface area contributed by atoms with Crippen LogP contribution in [0.2, 0.25) is 0 Å². The van der Waals surface area contributed by atoms with E-state index in [9.17, 15) is 9.59 Å². The van der Waals surface area contributed by atoms with E-state index in [1.165, 1.54) is 0 Å². The van der Waals surface area contributed by atoms with Gasteiger partial charge in [-0.05, 0) is 16.7 Å². The Morgan fingerprint density at radius 3 is 2.62 bits per heavy atom. The van der Waals surface area contributed by atoms with Gasteiger partial charge in [0.2, 0.25) is 0 Å². The van der Waals surface area contributed by atoms with Crippen LogP contribution in [0.25, 0.3) is 10.8 Å². The fraction of sp³-hybridized carbons (Fsp3) is 0. The molecule has 0 aliphatic carbocycles. The van der Waals surface area contributed by atoms with E-state index in [2.05, 4.69) is 10.3 Å². The summed E-state index contributed by atoms with van der Waals surface area (Å²) in [6.45, 7) is 0. The van der Waals surface area contributed by atoms with Crippen molar-refractivity contribution < 1.29 is 9.90 Å². The maximum Gasteiger partial charge on any atom is 0.432 e. The Bertz CT molecular complexity index is 902. The molecule has 21 heavy (non-hydrogen) atoms. The maximum atomic E-state index is 11.6. The van der Waals surface area contributed by atoms with Crippen molar-refractivity contribution in [1.82, 2.24) is 9.47 Å². The number of carboxylic acid groups (broad SMARTS) is 1. The molecule has 0 amide bonds. The van der Waals surface area contributed by atoms with Crippen LogP contribution in [0.4, 0.5) is 10.5 Å². The van der Waals surface area contributed by atoms with Crippen LogP contribution in [-0.4, -0.2) is 20.7 Å². The molecule has 1 N–H and O–H groups in total. The molecule has 3 aromatic rings. The lowest BCUT2D eigenvalue weighted by molar-refractivity contribution is 0.188. The van der Waals surface area contributed by atoms with E-state index < -0.39 is 11.7 Å². The number of fused-ring (bicyclic) bond motifs is 1. The molecule has 104 valence electrons. The molecule has 0 aliphatic rings. The van der Waals surface area contributed by atoms with Crippen LogP contribution >= 0.6 is 0 Å². The normalized spacial score (nSPS) is 11.2. The lowest BCUT2D eigenvalue weighted by atomic mass is 10.1. The topological polar surface area (TPSA) is 88.9 Å². The molecule has 0 saturated carbocycles. The van der Waals surface area contributed by atoms with E-state index in [0.29, 0.717) is 15.2 Å². The Kier molecular flexibility index (Phi) is 3.07. The first-order chi connectivity index (χ1) is 10.2. The molecule has 0 aliphatic heterocycles. The Balaban J connectivity index is 2.09. The minimum atomic E-state index is -1.31. The van der Waals surface area contributed by atoms with Gasteiger partial charge in [0.15, 0.2) is 0 Å². The summed E-state index contributed by atoms with van der Waals surface area (Å²) in [6.07, 6.45) is -0.193. The fourth-order valence-corrected chi connectivity index (χ4v) is 1.99. The van der Waals surface area contributed by atoms with Crippen molar-refractivity contribution in [3.8, 4) is 0 Å². The molecule has 1 aromatic heterocycles. The zero-order valence-corrected chi connectivity index (χ0v) is 10.7. The number of hydrogen-bond acceptors (Lipinski definition) is 4. The standard InChI is InChI=1S/C14H10N4O3/c19-13-8-9-17(14(20)21)18(13)16-15-12-7-3-5-10-4-1-2-6-11(10)12/h1-9H,(H,20,21)/b16-15+. The second kappa shape index (κ2) is 5.04. The van der Waals surface area contributed by atoms with Crippen LogP contribution in [0.1, 0.15) is 0 Å². The molecule has 1 heterocycles. The van der Waals surface area contributed by atoms with E-state index >= 15 is 0 Å². The quantitative estimate of drug-likeness (QED) is 0.733. The van der Waals surface area contributed by atoms with Crippen LogP contribution in [0.5, 0.6) is 0 Å². The van der Waals surface area contributed by atoms with Crippen molar-refractivity contribution in [2.75, 3.05) is 0 Å². The number of rotatable bonds is 2. The summed E-state index contributed by atoms with van der Waals surface area (Å²) in [5, 5.41) is 18.5. The van der Waals surface area contributed by atoms with E-state index in [1.54, 1.807) is 6.07 Å². The first-order valence-corrected chi connectivity index (χ1v) is 6.10. The smallest absolute Gasteiger partial charge is 0.432 e. The average molecular weight is 282 g/mol. The van der Waals surface area contributed by atoms with Gasteiger partial charge in [-0.3, -0.25) is 4.79 Å². The van der Waals surface area contributed by atoms with Gasteiger partial charge in [-0.25, -0.2) is 4.79 Å². The van der Waals surface area contributed by atoms with Crippen LogP contribution in [0.3, 0.4) is 0 Å². The molecule has 0 fully saturated rings. The van der Waals surface area contributed by atoms with Crippen molar-refractivity contribution in [3.63, 3.8) is 0 Å². The van der Waals surface area contributed by atoms with Crippen molar-refractivity contribution in [2.45, 2.75) is 0 Å². The highest BCUT2D eigenvalue weighted by Crippen LogP contribution is 2.25. The van der Waals surface area contributed by atoms with Crippen molar-refractivity contribution >= 4 is 22.6 Å². The third kappa shape index (κ3) is 2.32. The molecule has 0 bridgehead atoms. The number of benzene rings is 2. The monoisotopic (exact) mass is 282 g/mol. The summed E-state index contributed by atoms with van der Waals surface area (Å²) in [4.78, 5) is 23.2. The highest BCUT2D eigenvalue weighted by molar-refractivity contribution is 5.92. The molecule has 3 rings (SSSR count). The highest BCUT2D eigenvalue weighted by Gasteiger charge is 2.08. The van der Waals surface area contributed by atoms with Crippen molar-refractivity contribution in [3.05, 3.63) is 65.1 Å². The van der Waals surface area contributed by atoms with Gasteiger partial charge in [-0.2, -0.15) is 4.68 Å². The number of aromatic nitrogens is 2. The predicted molar refractivity (Wildman–Crippen MR) is 76.0 cm³/mol. The molecule has 0 unspecified atom stereocenters. The molecule has 0 atom stereocenters. The lowest BCUT2D eigenvalue weighted by Gasteiger charge is -2.01. The number of hydrogen-bond donors (Lipinski definition) is 1. The van der Waals surface area contributed by atoms with Crippen LogP contribution in [0, 0.1) is 0 Å². The minimum Gasteiger partial charge on any atom is -0.463 e. The third-order valence-corrected chi connectivity index (χ3v) is 2.96. The van der Waals surface area contributed by atoms with Gasteiger partial charge in [-0.1, -0.05) is 36.4 Å². The van der Waals surface area contributed by atoms with Gasteiger partial charge < -0.3 is 5.11 Å². The molecule has 7 nitrogen and oxygen atoms in total. The van der Waals surface area contributed by atoms with Gasteiger partial charge >= 0.3 is 6.09 Å². The molecular formula is C14H10N4O3. The van der Waals surface area contributed by atoms with E-state index in [-0.39, 0.29) is 0 Å². The first-order valence-electron chi connectivity index (χ1n) is 6.10. The summed E-state index contributed by atoms with van der Waals surface area (Å²) in [7, 11) is 0. The Morgan fingerprint density at radius 2 is 1.81 bits per heavy atom. The minimum absolute atomic E-state index is 0.554. The summed E-state index contributed by atoms with van der Waals surface area (Å²) in [6, 6.07) is 14.2. The molecule has 7 heteroatoms. The zero-order valence-electron chi connectivity index (χ0n) is 10.7. The molecule has 0 spiro atoms. The van der Waals surface area contributed by atoms with E-state index in [0.717, 1.165) is 23.0 Å². The largest absolute Gasteiger partial charge is 0.463 e. The van der Waals surface area contributed by atoms with Crippen molar-refractivity contribution in [2.24, 2.45) is 10.3 Å². The predicted octanol–water partition coefficient (Wildman–Crippen LogP) is 2.88. The number of carbonyl (C=O) groups is 1. The van der Waals surface area contributed by atoms with Crippen molar-refractivity contribution in [1.29, 1.82) is 0 Å². The summed E-state index contributed by atoms with van der Waals surface area (Å²) < 4.78 is 0.664. The van der Waals surface area contributed by atoms with Gasteiger partial charge in [0.05, 0.1) is 5.69 Å². The summed E-state index contributed by atoms with van der Waals surface area (Å²) >= 11 is 0. The SMILES string of the molecule is O=C(O)n1ccc(=O)n1/N=N/c1cccc2ccccc12. The van der Waals surface area contributed by atoms with Gasteiger partial charge in [0.25, 0.3) is 5.56 Å². The van der Waals surface area contributed by atoms with Crippen LogP contribution in [-0.2, 0) is 0 Å². The Labute approximate surface area is 118 Å².